The van der Waals surface area contributed by atoms with Crippen molar-refractivity contribution in [3.05, 3.63) is 48.0 Å². The number of benzene rings is 2. The zero-order valence-corrected chi connectivity index (χ0v) is 11.7. The predicted molar refractivity (Wildman–Crippen MR) is 78.1 cm³/mol. The molecule has 1 aliphatic rings. The molecule has 104 valence electrons. The Balaban J connectivity index is 1.87. The summed E-state index contributed by atoms with van der Waals surface area (Å²) in [5, 5.41) is 2.35. The van der Waals surface area contributed by atoms with Gasteiger partial charge in [0.1, 0.15) is 5.84 Å². The summed E-state index contributed by atoms with van der Waals surface area (Å²) in [5.41, 5.74) is 3.60. The van der Waals surface area contributed by atoms with Crippen molar-refractivity contribution >= 4 is 27.9 Å². The molecule has 0 saturated heterocycles. The van der Waals surface area contributed by atoms with Crippen LogP contribution in [0.1, 0.15) is 18.1 Å². The highest BCUT2D eigenvalue weighted by molar-refractivity contribution is 7.79. The van der Waals surface area contributed by atoms with E-state index in [4.69, 9.17) is 4.74 Å². The molecule has 1 aliphatic heterocycles. The average molecular weight is 290 g/mol. The number of ether oxygens (including phenoxy) is 1. The van der Waals surface area contributed by atoms with Crippen molar-refractivity contribution in [3.63, 3.8) is 0 Å². The number of rotatable bonds is 4. The van der Waals surface area contributed by atoms with Crippen LogP contribution in [0.3, 0.4) is 0 Å². The van der Waals surface area contributed by atoms with Gasteiger partial charge in [-0.25, -0.2) is 9.69 Å². The van der Waals surface area contributed by atoms with Crippen molar-refractivity contribution in [2.75, 3.05) is 7.11 Å². The standard InChI is InChI=1S/C14H14N2O3S/c1-18-13(9-14-15-19-20(17)16-14)12-7-6-10-4-2-3-5-11(10)8-12/h2-8,13H,9H2,1H3,(H,15,16)/t13-,20?/m0/s1. The molecule has 0 aliphatic carbocycles. The molecule has 0 fully saturated rings. The van der Waals surface area contributed by atoms with Gasteiger partial charge in [-0.2, -0.15) is 4.28 Å². The first-order valence-corrected chi connectivity index (χ1v) is 7.24. The van der Waals surface area contributed by atoms with E-state index in [1.807, 2.05) is 18.2 Å². The molecule has 1 unspecified atom stereocenters. The van der Waals surface area contributed by atoms with Gasteiger partial charge in [-0.05, 0) is 22.4 Å². The van der Waals surface area contributed by atoms with Gasteiger partial charge in [0.05, 0.1) is 6.10 Å². The molecule has 2 aromatic rings. The normalized spacial score (nSPS) is 19.6. The van der Waals surface area contributed by atoms with E-state index >= 15 is 0 Å². The smallest absolute Gasteiger partial charge is 0.309 e. The SMILES string of the molecule is CO[C@@H](CC1=NS(=O)ON1)c1ccc2ccccc2c1. The molecule has 3 rings (SSSR count). The van der Waals surface area contributed by atoms with Crippen LogP contribution in [0.25, 0.3) is 10.8 Å². The molecule has 0 bridgehead atoms. The number of amidine groups is 1. The van der Waals surface area contributed by atoms with Crippen LogP contribution in [0.4, 0.5) is 0 Å². The fraction of sp³-hybridized carbons (Fsp3) is 0.214. The minimum atomic E-state index is -1.63. The second-order valence-electron chi connectivity index (χ2n) is 4.48. The fourth-order valence-electron chi connectivity index (χ4n) is 2.21. The Morgan fingerprint density at radius 3 is 2.80 bits per heavy atom. The number of fused-ring (bicyclic) bond motifs is 1. The van der Waals surface area contributed by atoms with E-state index in [0.29, 0.717) is 12.3 Å². The van der Waals surface area contributed by atoms with Gasteiger partial charge in [0.2, 0.25) is 0 Å². The van der Waals surface area contributed by atoms with E-state index in [0.717, 1.165) is 10.9 Å². The van der Waals surface area contributed by atoms with Crippen molar-refractivity contribution in [1.82, 2.24) is 5.48 Å². The summed E-state index contributed by atoms with van der Waals surface area (Å²) < 4.78 is 25.1. The van der Waals surface area contributed by atoms with Gasteiger partial charge in [0.15, 0.2) is 0 Å². The molecule has 1 N–H and O–H groups in total. The number of nitrogens with zero attached hydrogens (tertiary/aromatic N) is 1. The molecule has 20 heavy (non-hydrogen) atoms. The molecule has 6 heteroatoms. The maximum Gasteiger partial charge on any atom is 0.309 e. The lowest BCUT2D eigenvalue weighted by Crippen LogP contribution is -2.20. The maximum atomic E-state index is 11.0. The van der Waals surface area contributed by atoms with Gasteiger partial charge < -0.3 is 4.74 Å². The summed E-state index contributed by atoms with van der Waals surface area (Å²) in [6, 6.07) is 14.3. The molecule has 0 saturated carbocycles. The molecule has 0 radical (unpaired) electrons. The molecule has 5 nitrogen and oxygen atoms in total. The third-order valence-corrected chi connectivity index (χ3v) is 3.82. The molecule has 2 aromatic carbocycles. The van der Waals surface area contributed by atoms with Crippen molar-refractivity contribution in [3.8, 4) is 0 Å². The van der Waals surface area contributed by atoms with Crippen LogP contribution >= 0.6 is 0 Å². The first-order valence-electron chi connectivity index (χ1n) is 6.20. The van der Waals surface area contributed by atoms with Gasteiger partial charge in [-0.15, -0.1) is 4.40 Å². The number of hydrogen-bond acceptors (Lipinski definition) is 4. The van der Waals surface area contributed by atoms with Gasteiger partial charge in [-0.1, -0.05) is 36.4 Å². The Morgan fingerprint density at radius 1 is 1.30 bits per heavy atom. The molecule has 0 spiro atoms. The van der Waals surface area contributed by atoms with Crippen molar-refractivity contribution in [2.45, 2.75) is 12.5 Å². The number of hydrogen-bond donors (Lipinski definition) is 1. The van der Waals surface area contributed by atoms with E-state index in [1.165, 1.54) is 5.39 Å². The second-order valence-corrected chi connectivity index (χ2v) is 5.26. The lowest BCUT2D eigenvalue weighted by molar-refractivity contribution is 0.108. The maximum absolute atomic E-state index is 11.0. The molecule has 1 heterocycles. The van der Waals surface area contributed by atoms with E-state index in [-0.39, 0.29) is 6.10 Å². The van der Waals surface area contributed by atoms with Crippen molar-refractivity contribution in [2.24, 2.45) is 4.40 Å². The van der Waals surface area contributed by atoms with Crippen LogP contribution < -0.4 is 5.48 Å². The zero-order chi connectivity index (χ0) is 13.9. The Hall–Kier alpha value is -1.76. The Morgan fingerprint density at radius 2 is 2.10 bits per heavy atom. The highest BCUT2D eigenvalue weighted by Gasteiger charge is 2.19. The number of hydroxylamine groups is 1. The summed E-state index contributed by atoms with van der Waals surface area (Å²) in [4.78, 5) is 0. The van der Waals surface area contributed by atoms with Gasteiger partial charge in [0, 0.05) is 13.5 Å². The third-order valence-electron chi connectivity index (χ3n) is 3.22. The summed E-state index contributed by atoms with van der Waals surface area (Å²) in [7, 11) is 1.65. The topological polar surface area (TPSA) is 59.9 Å². The molecule has 2 atom stereocenters. The summed E-state index contributed by atoms with van der Waals surface area (Å²) in [5.74, 6) is 0.531. The fourth-order valence-corrected chi connectivity index (χ4v) is 2.71. The lowest BCUT2D eigenvalue weighted by Gasteiger charge is -2.15. The number of methoxy groups -OCH3 is 1. The molecule has 0 amide bonds. The molecule has 0 aromatic heterocycles. The zero-order valence-electron chi connectivity index (χ0n) is 10.9. The lowest BCUT2D eigenvalue weighted by atomic mass is 10.0. The molecular weight excluding hydrogens is 276 g/mol. The average Bonchev–Trinajstić information content (AvgIpc) is 2.89. The van der Waals surface area contributed by atoms with Gasteiger partial charge in [-0.3, -0.25) is 0 Å². The minimum absolute atomic E-state index is 0.162. The monoisotopic (exact) mass is 290 g/mol. The third kappa shape index (κ3) is 2.72. The minimum Gasteiger partial charge on any atom is -0.376 e. The highest BCUT2D eigenvalue weighted by atomic mass is 32.2. The Bertz CT molecular complexity index is 687. The van der Waals surface area contributed by atoms with E-state index < -0.39 is 11.3 Å². The number of nitrogens with one attached hydrogen (secondary N) is 1. The highest BCUT2D eigenvalue weighted by Crippen LogP contribution is 2.25. The van der Waals surface area contributed by atoms with E-state index in [9.17, 15) is 4.21 Å². The van der Waals surface area contributed by atoms with Gasteiger partial charge in [0.25, 0.3) is 0 Å². The quantitative estimate of drug-likeness (QED) is 0.939. The van der Waals surface area contributed by atoms with Crippen LogP contribution in [0.15, 0.2) is 46.9 Å². The van der Waals surface area contributed by atoms with Crippen LogP contribution in [-0.4, -0.2) is 17.2 Å². The molecular formula is C14H14N2O3S. The first kappa shape index (κ1) is 13.2. The van der Waals surface area contributed by atoms with Crippen LogP contribution in [0, 0.1) is 0 Å². The van der Waals surface area contributed by atoms with E-state index in [2.05, 4.69) is 38.4 Å². The second kappa shape index (κ2) is 5.70. The summed E-state index contributed by atoms with van der Waals surface area (Å²) in [6.45, 7) is 0. The summed E-state index contributed by atoms with van der Waals surface area (Å²) in [6.07, 6.45) is 0.324. The largest absolute Gasteiger partial charge is 0.376 e. The van der Waals surface area contributed by atoms with Crippen LogP contribution in [-0.2, 0) is 20.3 Å². The first-order chi connectivity index (χ1) is 9.76. The Labute approximate surface area is 119 Å². The van der Waals surface area contributed by atoms with Gasteiger partial charge >= 0.3 is 11.3 Å². The van der Waals surface area contributed by atoms with Crippen LogP contribution in [0.5, 0.6) is 0 Å². The van der Waals surface area contributed by atoms with Crippen LogP contribution in [0.2, 0.25) is 0 Å². The predicted octanol–water partition coefficient (Wildman–Crippen LogP) is 2.43. The van der Waals surface area contributed by atoms with Crippen molar-refractivity contribution < 1.29 is 13.2 Å². The van der Waals surface area contributed by atoms with Crippen molar-refractivity contribution in [1.29, 1.82) is 0 Å². The van der Waals surface area contributed by atoms with E-state index in [1.54, 1.807) is 7.11 Å². The summed E-state index contributed by atoms with van der Waals surface area (Å²) >= 11 is -1.63. The Kier molecular flexibility index (Phi) is 3.77.